The number of benzene rings is 1. The van der Waals surface area contributed by atoms with E-state index >= 15 is 0 Å². The van der Waals surface area contributed by atoms with Crippen LogP contribution in [0, 0.1) is 5.92 Å². The van der Waals surface area contributed by atoms with Gasteiger partial charge in [0.05, 0.1) is 17.8 Å². The first-order chi connectivity index (χ1) is 14.6. The maximum Gasteiger partial charge on any atom is 0.231 e. The monoisotopic (exact) mass is 406 g/mol. The van der Waals surface area contributed by atoms with Gasteiger partial charge in [-0.05, 0) is 55.0 Å². The summed E-state index contributed by atoms with van der Waals surface area (Å²) in [6.07, 6.45) is 7.17. The number of pyridine rings is 1. The molecular formula is C24H30N4O2. The standard InChI is InChI=1S/C24H30N4O2/c1-2-4-23(29)27-13-10-19(11-14-27)18-6-8-21(9-7-18)26-24(30)20-16-28(17-20)22-5-3-12-25-15-22/h3,5-9,12,15,19-20H,2,4,10-11,13-14,16-17H2,1H3,(H,26,30). The Balaban J connectivity index is 1.24. The van der Waals surface area contributed by atoms with Crippen LogP contribution in [-0.4, -0.2) is 47.9 Å². The first-order valence-corrected chi connectivity index (χ1v) is 11.0. The highest BCUT2D eigenvalue weighted by Gasteiger charge is 2.33. The van der Waals surface area contributed by atoms with Gasteiger partial charge in [-0.15, -0.1) is 0 Å². The molecule has 1 N–H and O–H groups in total. The highest BCUT2D eigenvalue weighted by Crippen LogP contribution is 2.30. The minimum Gasteiger partial charge on any atom is -0.369 e. The Labute approximate surface area is 178 Å². The van der Waals surface area contributed by atoms with E-state index in [4.69, 9.17) is 0 Å². The zero-order chi connectivity index (χ0) is 20.9. The number of likely N-dealkylation sites (tertiary alicyclic amines) is 1. The van der Waals surface area contributed by atoms with Gasteiger partial charge in [0.1, 0.15) is 0 Å². The van der Waals surface area contributed by atoms with Crippen molar-refractivity contribution in [2.45, 2.75) is 38.5 Å². The van der Waals surface area contributed by atoms with Gasteiger partial charge in [0.2, 0.25) is 11.8 Å². The van der Waals surface area contributed by atoms with Gasteiger partial charge in [-0.2, -0.15) is 0 Å². The molecule has 0 bridgehead atoms. The lowest BCUT2D eigenvalue weighted by molar-refractivity contribution is -0.132. The van der Waals surface area contributed by atoms with Crippen molar-refractivity contribution in [1.29, 1.82) is 0 Å². The van der Waals surface area contributed by atoms with Gasteiger partial charge in [-0.25, -0.2) is 0 Å². The molecule has 0 radical (unpaired) electrons. The average molecular weight is 407 g/mol. The lowest BCUT2D eigenvalue weighted by Gasteiger charge is -2.39. The first kappa shape index (κ1) is 20.4. The predicted octanol–water partition coefficient (Wildman–Crippen LogP) is 3.66. The number of aromatic nitrogens is 1. The molecule has 1 aromatic carbocycles. The van der Waals surface area contributed by atoms with Crippen LogP contribution in [-0.2, 0) is 9.59 Å². The zero-order valence-electron chi connectivity index (χ0n) is 17.6. The van der Waals surface area contributed by atoms with E-state index in [-0.39, 0.29) is 17.7 Å². The third kappa shape index (κ3) is 4.64. The van der Waals surface area contributed by atoms with E-state index in [1.165, 1.54) is 5.56 Å². The number of piperidine rings is 1. The number of anilines is 2. The minimum atomic E-state index is 0.00914. The molecule has 2 fully saturated rings. The number of hydrogen-bond donors (Lipinski definition) is 1. The SMILES string of the molecule is CCCC(=O)N1CCC(c2ccc(NC(=O)C3CN(c4cccnc4)C3)cc2)CC1. The normalized spacial score (nSPS) is 17.5. The minimum absolute atomic E-state index is 0.00914. The average Bonchev–Trinajstić information content (AvgIpc) is 2.74. The molecule has 2 aromatic rings. The third-order valence-electron chi connectivity index (χ3n) is 6.22. The Kier molecular flexibility index (Phi) is 6.31. The van der Waals surface area contributed by atoms with Gasteiger partial charge >= 0.3 is 0 Å². The van der Waals surface area contributed by atoms with Gasteiger partial charge in [0, 0.05) is 44.5 Å². The highest BCUT2D eigenvalue weighted by molar-refractivity contribution is 5.94. The largest absolute Gasteiger partial charge is 0.369 e. The van der Waals surface area contributed by atoms with Gasteiger partial charge in [0.15, 0.2) is 0 Å². The molecule has 4 rings (SSSR count). The van der Waals surface area contributed by atoms with Crippen molar-refractivity contribution in [3.05, 3.63) is 54.4 Å². The molecule has 2 amide bonds. The maximum absolute atomic E-state index is 12.5. The molecule has 0 atom stereocenters. The summed E-state index contributed by atoms with van der Waals surface area (Å²) in [5.74, 6) is 0.854. The van der Waals surface area contributed by atoms with Crippen LogP contribution in [0.25, 0.3) is 0 Å². The molecule has 2 aliphatic heterocycles. The number of rotatable bonds is 6. The topological polar surface area (TPSA) is 65.5 Å². The number of amides is 2. The zero-order valence-corrected chi connectivity index (χ0v) is 17.6. The van der Waals surface area contributed by atoms with E-state index in [0.29, 0.717) is 12.3 Å². The molecule has 2 saturated heterocycles. The molecule has 6 nitrogen and oxygen atoms in total. The molecule has 0 unspecified atom stereocenters. The van der Waals surface area contributed by atoms with Gasteiger partial charge in [-0.1, -0.05) is 19.1 Å². The number of carbonyl (C=O) groups is 2. The molecule has 2 aliphatic rings. The van der Waals surface area contributed by atoms with Gasteiger partial charge < -0.3 is 15.1 Å². The Morgan fingerprint density at radius 3 is 2.47 bits per heavy atom. The van der Waals surface area contributed by atoms with Crippen molar-refractivity contribution in [3.63, 3.8) is 0 Å². The second kappa shape index (κ2) is 9.28. The van der Waals surface area contributed by atoms with Crippen LogP contribution in [0.5, 0.6) is 0 Å². The van der Waals surface area contributed by atoms with Crippen molar-refractivity contribution < 1.29 is 9.59 Å². The Morgan fingerprint density at radius 1 is 1.10 bits per heavy atom. The number of hydrogen-bond acceptors (Lipinski definition) is 4. The molecule has 0 aliphatic carbocycles. The van der Waals surface area contributed by atoms with Gasteiger partial charge in [0.25, 0.3) is 0 Å². The van der Waals surface area contributed by atoms with E-state index in [1.54, 1.807) is 6.20 Å². The fourth-order valence-electron chi connectivity index (χ4n) is 4.31. The fourth-order valence-corrected chi connectivity index (χ4v) is 4.31. The smallest absolute Gasteiger partial charge is 0.231 e. The number of nitrogens with one attached hydrogen (secondary N) is 1. The van der Waals surface area contributed by atoms with E-state index in [2.05, 4.69) is 27.3 Å². The Bertz CT molecular complexity index is 855. The second-order valence-corrected chi connectivity index (χ2v) is 8.33. The van der Waals surface area contributed by atoms with E-state index < -0.39 is 0 Å². The quantitative estimate of drug-likeness (QED) is 0.795. The predicted molar refractivity (Wildman–Crippen MR) is 118 cm³/mol. The first-order valence-electron chi connectivity index (χ1n) is 11.0. The molecule has 0 saturated carbocycles. The lowest BCUT2D eigenvalue weighted by Crippen LogP contribution is -2.52. The summed E-state index contributed by atoms with van der Waals surface area (Å²) in [5, 5.41) is 3.05. The Hall–Kier alpha value is -2.89. The fraction of sp³-hybridized carbons (Fsp3) is 0.458. The van der Waals surface area contributed by atoms with E-state index in [1.807, 2.05) is 42.3 Å². The summed E-state index contributed by atoms with van der Waals surface area (Å²) >= 11 is 0. The van der Waals surface area contributed by atoms with E-state index in [0.717, 1.165) is 56.8 Å². The summed E-state index contributed by atoms with van der Waals surface area (Å²) in [4.78, 5) is 32.9. The Morgan fingerprint density at radius 2 is 1.83 bits per heavy atom. The van der Waals surface area contributed by atoms with Gasteiger partial charge in [-0.3, -0.25) is 14.6 Å². The highest BCUT2D eigenvalue weighted by atomic mass is 16.2. The molecule has 0 spiro atoms. The summed E-state index contributed by atoms with van der Waals surface area (Å²) in [6.45, 7) is 5.19. The lowest BCUT2D eigenvalue weighted by atomic mass is 9.89. The van der Waals surface area contributed by atoms with Crippen molar-refractivity contribution in [1.82, 2.24) is 9.88 Å². The maximum atomic E-state index is 12.5. The van der Waals surface area contributed by atoms with Crippen LogP contribution in [0.1, 0.15) is 44.1 Å². The summed E-state index contributed by atoms with van der Waals surface area (Å²) in [5.41, 5.74) is 3.20. The van der Waals surface area contributed by atoms with Crippen molar-refractivity contribution in [2.24, 2.45) is 5.92 Å². The molecule has 3 heterocycles. The summed E-state index contributed by atoms with van der Waals surface area (Å²) in [7, 11) is 0. The third-order valence-corrected chi connectivity index (χ3v) is 6.22. The molecule has 30 heavy (non-hydrogen) atoms. The van der Waals surface area contributed by atoms with Crippen molar-refractivity contribution in [3.8, 4) is 0 Å². The molecule has 158 valence electrons. The summed E-state index contributed by atoms with van der Waals surface area (Å²) in [6, 6.07) is 12.2. The van der Waals surface area contributed by atoms with Crippen LogP contribution >= 0.6 is 0 Å². The van der Waals surface area contributed by atoms with Crippen LogP contribution in [0.15, 0.2) is 48.8 Å². The molecule has 1 aromatic heterocycles. The van der Waals surface area contributed by atoms with Crippen LogP contribution in [0.4, 0.5) is 11.4 Å². The molecule has 6 heteroatoms. The van der Waals surface area contributed by atoms with E-state index in [9.17, 15) is 9.59 Å². The van der Waals surface area contributed by atoms with Crippen LogP contribution in [0.2, 0.25) is 0 Å². The molecular weight excluding hydrogens is 376 g/mol. The van der Waals surface area contributed by atoms with Crippen molar-refractivity contribution >= 4 is 23.2 Å². The second-order valence-electron chi connectivity index (χ2n) is 8.33. The van der Waals surface area contributed by atoms with Crippen LogP contribution < -0.4 is 10.2 Å². The number of nitrogens with zero attached hydrogens (tertiary/aromatic N) is 3. The summed E-state index contributed by atoms with van der Waals surface area (Å²) < 4.78 is 0. The van der Waals surface area contributed by atoms with Crippen LogP contribution in [0.3, 0.4) is 0 Å². The number of carbonyl (C=O) groups excluding carboxylic acids is 2. The van der Waals surface area contributed by atoms with Crippen molar-refractivity contribution in [2.75, 3.05) is 36.4 Å².